The smallest absolute Gasteiger partial charge is 0.333 e. The molecule has 0 spiro atoms. The maximum absolute atomic E-state index is 11.5. The third kappa shape index (κ3) is 10.9. The third-order valence-electron chi connectivity index (χ3n) is 6.04. The third-order valence-corrected chi connectivity index (χ3v) is 7.17. The molecule has 0 aromatic heterocycles. The molecule has 2 unspecified atom stereocenters. The summed E-state index contributed by atoms with van der Waals surface area (Å²) in [4.78, 5) is 22.9. The lowest BCUT2D eigenvalue weighted by atomic mass is 9.78. The summed E-state index contributed by atoms with van der Waals surface area (Å²) in [6, 6.07) is 6.97. The Labute approximate surface area is 272 Å². The summed E-state index contributed by atoms with van der Waals surface area (Å²) in [6.07, 6.45) is -1.44. The molecule has 0 heterocycles. The van der Waals surface area contributed by atoms with Gasteiger partial charge < -0.3 is 28.4 Å². The van der Waals surface area contributed by atoms with Crippen LogP contribution >= 0.6 is 46.4 Å². The lowest BCUT2D eigenvalue weighted by molar-refractivity contribution is -0.144. The van der Waals surface area contributed by atoms with Crippen molar-refractivity contribution in [2.45, 2.75) is 59.5 Å². The maximum Gasteiger partial charge on any atom is 0.333 e. The first-order valence-electron chi connectivity index (χ1n) is 13.2. The van der Waals surface area contributed by atoms with Gasteiger partial charge in [-0.15, -0.1) is 0 Å². The van der Waals surface area contributed by atoms with Crippen LogP contribution in [0.1, 0.15) is 52.7 Å². The number of carbonyl (C=O) groups excluding carboxylic acids is 2. The fourth-order valence-electron chi connectivity index (χ4n) is 3.58. The minimum Gasteiger partial charge on any atom is -0.462 e. The second-order valence-corrected chi connectivity index (χ2v) is 11.7. The van der Waals surface area contributed by atoms with Gasteiger partial charge in [0.25, 0.3) is 0 Å². The topological polar surface area (TPSA) is 89.5 Å². The molecule has 0 saturated carbocycles. The van der Waals surface area contributed by atoms with E-state index in [1.165, 1.54) is 0 Å². The monoisotopic (exact) mass is 676 g/mol. The molecule has 2 atom stereocenters. The SMILES string of the molecule is C=C(C)C(=O)OCCOC(C)Oc1c(Cl)cc(C(C)(C)c2cc(Cl)c(OC(C)OCCOC(=O)C(=C)C)c(Cl)c2)cc1Cl. The average Bonchev–Trinajstić information content (AvgIpc) is 2.92. The van der Waals surface area contributed by atoms with Crippen LogP contribution in [0.25, 0.3) is 0 Å². The van der Waals surface area contributed by atoms with E-state index < -0.39 is 29.9 Å². The molecule has 0 aliphatic rings. The van der Waals surface area contributed by atoms with E-state index >= 15 is 0 Å². The molecule has 12 heteroatoms. The molecular formula is C31H36Cl4O8. The second-order valence-electron chi connectivity index (χ2n) is 10.1. The first kappa shape index (κ1) is 36.7. The predicted molar refractivity (Wildman–Crippen MR) is 169 cm³/mol. The van der Waals surface area contributed by atoms with Crippen LogP contribution in [-0.2, 0) is 34.0 Å². The predicted octanol–water partition coefficient (Wildman–Crippen LogP) is 8.35. The summed E-state index contributed by atoms with van der Waals surface area (Å²) in [6.45, 7) is 17.7. The maximum atomic E-state index is 11.5. The molecule has 2 rings (SSSR count). The van der Waals surface area contributed by atoms with Gasteiger partial charge in [-0.25, -0.2) is 9.59 Å². The second kappa shape index (κ2) is 16.6. The molecule has 43 heavy (non-hydrogen) atoms. The minimum absolute atomic E-state index is 0.0435. The van der Waals surface area contributed by atoms with Crippen LogP contribution < -0.4 is 9.47 Å². The normalized spacial score (nSPS) is 12.7. The van der Waals surface area contributed by atoms with Gasteiger partial charge in [-0.05, 0) is 63.1 Å². The van der Waals surface area contributed by atoms with Crippen LogP contribution in [0.3, 0.4) is 0 Å². The van der Waals surface area contributed by atoms with Gasteiger partial charge in [0, 0.05) is 16.6 Å². The molecule has 0 fully saturated rings. The van der Waals surface area contributed by atoms with Gasteiger partial charge in [0.15, 0.2) is 24.1 Å². The van der Waals surface area contributed by atoms with Crippen molar-refractivity contribution in [3.8, 4) is 11.5 Å². The molecule has 2 aromatic carbocycles. The zero-order valence-electron chi connectivity index (χ0n) is 25.0. The van der Waals surface area contributed by atoms with Crippen LogP contribution in [0, 0.1) is 0 Å². The molecule has 0 aliphatic carbocycles. The van der Waals surface area contributed by atoms with E-state index in [1.54, 1.807) is 52.0 Å². The van der Waals surface area contributed by atoms with Gasteiger partial charge in [-0.3, -0.25) is 0 Å². The van der Waals surface area contributed by atoms with Gasteiger partial charge in [0.2, 0.25) is 0 Å². The van der Waals surface area contributed by atoms with E-state index in [-0.39, 0.29) is 58.0 Å². The summed E-state index contributed by atoms with van der Waals surface area (Å²) >= 11 is 26.3. The molecule has 0 amide bonds. The summed E-state index contributed by atoms with van der Waals surface area (Å²) in [5, 5.41) is 1.10. The number of rotatable bonds is 16. The molecular weight excluding hydrogens is 642 g/mol. The Morgan fingerprint density at radius 2 is 0.977 bits per heavy atom. The van der Waals surface area contributed by atoms with E-state index in [2.05, 4.69) is 13.2 Å². The largest absolute Gasteiger partial charge is 0.462 e. The van der Waals surface area contributed by atoms with E-state index in [0.29, 0.717) is 11.1 Å². The lowest BCUT2D eigenvalue weighted by Gasteiger charge is -2.29. The Morgan fingerprint density at radius 1 is 0.674 bits per heavy atom. The van der Waals surface area contributed by atoms with Crippen molar-refractivity contribution in [2.75, 3.05) is 26.4 Å². The van der Waals surface area contributed by atoms with Crippen molar-refractivity contribution in [1.82, 2.24) is 0 Å². The molecule has 0 radical (unpaired) electrons. The summed E-state index contributed by atoms with van der Waals surface area (Å²) in [7, 11) is 0. The molecule has 0 aliphatic heterocycles. The van der Waals surface area contributed by atoms with Gasteiger partial charge in [0.1, 0.15) is 13.2 Å². The van der Waals surface area contributed by atoms with Gasteiger partial charge in [-0.2, -0.15) is 0 Å². The molecule has 0 saturated heterocycles. The number of hydrogen-bond acceptors (Lipinski definition) is 8. The number of ether oxygens (including phenoxy) is 6. The Hall–Kier alpha value is -2.46. The van der Waals surface area contributed by atoms with E-state index in [1.807, 2.05) is 13.8 Å². The zero-order valence-corrected chi connectivity index (χ0v) is 28.0. The molecule has 8 nitrogen and oxygen atoms in total. The number of esters is 2. The summed E-state index contributed by atoms with van der Waals surface area (Å²) < 4.78 is 32.7. The minimum atomic E-state index is -0.722. The van der Waals surface area contributed by atoms with E-state index in [9.17, 15) is 9.59 Å². The molecule has 236 valence electrons. The highest BCUT2D eigenvalue weighted by molar-refractivity contribution is 6.38. The first-order valence-corrected chi connectivity index (χ1v) is 14.8. The highest BCUT2D eigenvalue weighted by atomic mass is 35.5. The first-order chi connectivity index (χ1) is 20.0. The van der Waals surface area contributed by atoms with Crippen molar-refractivity contribution in [2.24, 2.45) is 0 Å². The van der Waals surface area contributed by atoms with Crippen LogP contribution in [-0.4, -0.2) is 50.9 Å². The van der Waals surface area contributed by atoms with Crippen molar-refractivity contribution in [1.29, 1.82) is 0 Å². The van der Waals surface area contributed by atoms with Crippen LogP contribution in [0.4, 0.5) is 0 Å². The van der Waals surface area contributed by atoms with Gasteiger partial charge in [0.05, 0.1) is 33.3 Å². The van der Waals surface area contributed by atoms with Crippen LogP contribution in [0.2, 0.25) is 20.1 Å². The number of halogens is 4. The quantitative estimate of drug-likeness (QED) is 0.0758. The number of carbonyl (C=O) groups is 2. The van der Waals surface area contributed by atoms with Crippen LogP contribution in [0.5, 0.6) is 11.5 Å². The Balaban J connectivity index is 2.09. The zero-order chi connectivity index (χ0) is 32.5. The van der Waals surface area contributed by atoms with Crippen molar-refractivity contribution in [3.63, 3.8) is 0 Å². The number of hydrogen-bond donors (Lipinski definition) is 0. The molecule has 0 bridgehead atoms. The highest BCUT2D eigenvalue weighted by Gasteiger charge is 2.28. The van der Waals surface area contributed by atoms with Crippen molar-refractivity contribution >= 4 is 58.3 Å². The fourth-order valence-corrected chi connectivity index (χ4v) is 4.73. The van der Waals surface area contributed by atoms with Crippen molar-refractivity contribution in [3.05, 3.63) is 79.8 Å². The van der Waals surface area contributed by atoms with Crippen molar-refractivity contribution < 1.29 is 38.0 Å². The van der Waals surface area contributed by atoms with Crippen LogP contribution in [0.15, 0.2) is 48.6 Å². The molecule has 0 N–H and O–H groups in total. The Bertz CT molecular complexity index is 1200. The Morgan fingerprint density at radius 3 is 1.26 bits per heavy atom. The van der Waals surface area contributed by atoms with E-state index in [4.69, 9.17) is 74.8 Å². The summed E-state index contributed by atoms with van der Waals surface area (Å²) in [5.41, 5.74) is 1.52. The average molecular weight is 678 g/mol. The van der Waals surface area contributed by atoms with E-state index in [0.717, 1.165) is 11.1 Å². The molecule has 2 aromatic rings. The fraction of sp³-hybridized carbons (Fsp3) is 0.419. The standard InChI is InChI=1S/C31H36Cl4O8/c1-17(2)29(36)40-11-9-38-19(5)42-27-23(32)13-21(14-24(27)33)31(7,8)22-15-25(34)28(26(35)16-22)43-20(6)39-10-12-41-30(37)18(3)4/h13-16,19-20H,1,3,9-12H2,2,4-8H3. The van der Waals surface area contributed by atoms with Gasteiger partial charge in [-0.1, -0.05) is 73.4 Å². The van der Waals surface area contributed by atoms with Gasteiger partial charge >= 0.3 is 11.9 Å². The summed E-state index contributed by atoms with van der Waals surface area (Å²) in [5.74, 6) is -0.494. The highest BCUT2D eigenvalue weighted by Crippen LogP contribution is 2.44. The number of benzene rings is 2. The lowest BCUT2D eigenvalue weighted by Crippen LogP contribution is -2.22. The Kier molecular flexibility index (Phi) is 14.2.